The van der Waals surface area contributed by atoms with Crippen molar-refractivity contribution in [2.75, 3.05) is 38.2 Å². The van der Waals surface area contributed by atoms with Crippen molar-refractivity contribution in [1.82, 2.24) is 15.6 Å². The zero-order chi connectivity index (χ0) is 24.1. The number of benzene rings is 2. The maximum absolute atomic E-state index is 12.8. The van der Waals surface area contributed by atoms with Gasteiger partial charge in [0, 0.05) is 44.2 Å². The molecule has 182 valence electrons. The van der Waals surface area contributed by atoms with Crippen LogP contribution in [-0.2, 0) is 7.05 Å². The quantitative estimate of drug-likeness (QED) is 0.456. The number of nitro groups is 1. The molecule has 0 spiro atoms. The van der Waals surface area contributed by atoms with Crippen molar-refractivity contribution in [3.63, 3.8) is 0 Å². The van der Waals surface area contributed by atoms with Gasteiger partial charge in [0.05, 0.1) is 17.5 Å². The van der Waals surface area contributed by atoms with E-state index < -0.39 is 16.2 Å². The number of ether oxygens (including phenoxy) is 1. The van der Waals surface area contributed by atoms with Crippen LogP contribution in [0.1, 0.15) is 24.2 Å². The zero-order valence-corrected chi connectivity index (χ0v) is 20.0. The predicted molar refractivity (Wildman–Crippen MR) is 133 cm³/mol. The summed E-state index contributed by atoms with van der Waals surface area (Å²) in [5, 5.41) is 12.4. The molecule has 4 rings (SSSR count). The molecule has 0 radical (unpaired) electrons. The van der Waals surface area contributed by atoms with Crippen LogP contribution in [0.3, 0.4) is 0 Å². The molecule has 1 aliphatic heterocycles. The van der Waals surface area contributed by atoms with Crippen LogP contribution in [0.4, 0.5) is 11.4 Å². The van der Waals surface area contributed by atoms with Gasteiger partial charge in [-0.2, -0.15) is 0 Å². The lowest BCUT2D eigenvalue weighted by molar-refractivity contribution is -0.385. The molecule has 2 heterocycles. The number of methoxy groups -OCH3 is 1. The number of aromatic nitrogens is 1. The fraction of sp³-hybridized carbons (Fsp3) is 0.333. The molecular formula is C24H31N5O5. The van der Waals surface area contributed by atoms with Crippen LogP contribution in [0.15, 0.2) is 53.3 Å². The molecule has 3 N–H and O–H groups in total. The van der Waals surface area contributed by atoms with Gasteiger partial charge in [0.15, 0.2) is 0 Å². The number of hydrogen-bond acceptors (Lipinski definition) is 7. The molecule has 0 bridgehead atoms. The van der Waals surface area contributed by atoms with Gasteiger partial charge in [-0.1, -0.05) is 32.0 Å². The first-order valence-electron chi connectivity index (χ1n) is 10.9. The molecule has 10 nitrogen and oxygen atoms in total. The standard InChI is InChI=1S/C22H22N4O5.C2H6.H3N/c1-23-18-6-4-3-5-17(18)19(20(22(23)28)26(29)30)24-11-13-25(14-12-24)21(27)15-7-9-16(31-2)10-8-15;1-2;/h3-10H,11-14H2,1-2H3;1-2H3;1H3. The maximum Gasteiger partial charge on any atom is 0.357 e. The average Bonchev–Trinajstić information content (AvgIpc) is 2.87. The van der Waals surface area contributed by atoms with E-state index in [1.165, 1.54) is 11.6 Å². The highest BCUT2D eigenvalue weighted by Crippen LogP contribution is 2.34. The van der Waals surface area contributed by atoms with Crippen LogP contribution < -0.4 is 21.3 Å². The fourth-order valence-corrected chi connectivity index (χ4v) is 4.00. The van der Waals surface area contributed by atoms with Gasteiger partial charge in [-0.25, -0.2) is 0 Å². The largest absolute Gasteiger partial charge is 0.497 e. The van der Waals surface area contributed by atoms with E-state index in [0.717, 1.165) is 0 Å². The number of pyridine rings is 1. The van der Waals surface area contributed by atoms with Gasteiger partial charge in [0.2, 0.25) is 0 Å². The summed E-state index contributed by atoms with van der Waals surface area (Å²) in [5.74, 6) is 0.567. The van der Waals surface area contributed by atoms with Crippen molar-refractivity contribution in [3.8, 4) is 5.75 Å². The van der Waals surface area contributed by atoms with Crippen molar-refractivity contribution >= 4 is 28.2 Å². The third-order valence-electron chi connectivity index (χ3n) is 5.65. The molecule has 34 heavy (non-hydrogen) atoms. The second kappa shape index (κ2) is 11.3. The molecule has 1 aliphatic rings. The molecule has 10 heteroatoms. The lowest BCUT2D eigenvalue weighted by atomic mass is 10.1. The predicted octanol–water partition coefficient (Wildman–Crippen LogP) is 3.61. The topological polar surface area (TPSA) is 133 Å². The highest BCUT2D eigenvalue weighted by molar-refractivity contribution is 5.97. The summed E-state index contributed by atoms with van der Waals surface area (Å²) in [6.45, 7) is 5.57. The minimum absolute atomic E-state index is 0. The van der Waals surface area contributed by atoms with Crippen LogP contribution >= 0.6 is 0 Å². The summed E-state index contributed by atoms with van der Waals surface area (Å²) < 4.78 is 6.43. The molecule has 0 unspecified atom stereocenters. The number of anilines is 1. The summed E-state index contributed by atoms with van der Waals surface area (Å²) in [7, 11) is 3.10. The van der Waals surface area contributed by atoms with Crippen LogP contribution in [-0.4, -0.2) is 53.6 Å². The van der Waals surface area contributed by atoms with E-state index in [0.29, 0.717) is 54.1 Å². The summed E-state index contributed by atoms with van der Waals surface area (Å²) in [5.41, 5.74) is 0.427. The SMILES string of the molecule is CC.COc1ccc(C(=O)N2CCN(c3c([N+](=O)[O-])c(=O)n(C)c4ccccc34)CC2)cc1.N. The molecule has 0 saturated carbocycles. The lowest BCUT2D eigenvalue weighted by Crippen LogP contribution is -2.49. The van der Waals surface area contributed by atoms with E-state index in [2.05, 4.69) is 0 Å². The van der Waals surface area contributed by atoms with Crippen molar-refractivity contribution in [2.24, 2.45) is 7.05 Å². The van der Waals surface area contributed by atoms with E-state index in [1.54, 1.807) is 60.5 Å². The fourth-order valence-electron chi connectivity index (χ4n) is 4.00. The average molecular weight is 470 g/mol. The van der Waals surface area contributed by atoms with Crippen LogP contribution in [0.5, 0.6) is 5.75 Å². The number of nitrogens with zero attached hydrogens (tertiary/aromatic N) is 4. The zero-order valence-electron chi connectivity index (χ0n) is 20.0. The molecule has 1 amide bonds. The summed E-state index contributed by atoms with van der Waals surface area (Å²) in [6, 6.07) is 14.0. The second-order valence-corrected chi connectivity index (χ2v) is 7.34. The first-order chi connectivity index (χ1) is 15.9. The number of carbonyl (C=O) groups excluding carboxylic acids is 1. The van der Waals surface area contributed by atoms with E-state index in [1.807, 2.05) is 18.7 Å². The van der Waals surface area contributed by atoms with Crippen LogP contribution in [0.2, 0.25) is 0 Å². The van der Waals surface area contributed by atoms with Gasteiger partial charge in [-0.05, 0) is 30.3 Å². The third kappa shape index (κ3) is 4.86. The number of hydrogen-bond donors (Lipinski definition) is 1. The smallest absolute Gasteiger partial charge is 0.357 e. The Bertz CT molecular complexity index is 1210. The minimum Gasteiger partial charge on any atom is -0.497 e. The van der Waals surface area contributed by atoms with Crippen LogP contribution in [0.25, 0.3) is 10.9 Å². The second-order valence-electron chi connectivity index (χ2n) is 7.34. The molecule has 2 aromatic carbocycles. The lowest BCUT2D eigenvalue weighted by Gasteiger charge is -2.36. The Morgan fingerprint density at radius 3 is 2.15 bits per heavy atom. The summed E-state index contributed by atoms with van der Waals surface area (Å²) in [4.78, 5) is 40.3. The number of piperazine rings is 1. The first-order valence-corrected chi connectivity index (χ1v) is 10.9. The Balaban J connectivity index is 0.00000133. The van der Waals surface area contributed by atoms with Gasteiger partial charge in [-0.15, -0.1) is 0 Å². The van der Waals surface area contributed by atoms with Gasteiger partial charge in [0.25, 0.3) is 5.91 Å². The minimum atomic E-state index is -0.643. The number of para-hydroxylation sites is 1. The van der Waals surface area contributed by atoms with Crippen LogP contribution in [0, 0.1) is 10.1 Å². The summed E-state index contributed by atoms with van der Waals surface area (Å²) in [6.07, 6.45) is 0. The normalized spacial score (nSPS) is 12.9. The van der Waals surface area contributed by atoms with E-state index in [9.17, 15) is 19.7 Å². The van der Waals surface area contributed by atoms with Crippen molar-refractivity contribution in [2.45, 2.75) is 13.8 Å². The molecule has 0 atom stereocenters. The Morgan fingerprint density at radius 2 is 1.59 bits per heavy atom. The highest BCUT2D eigenvalue weighted by atomic mass is 16.6. The van der Waals surface area contributed by atoms with E-state index in [4.69, 9.17) is 4.74 Å². The van der Waals surface area contributed by atoms with Gasteiger partial charge in [0.1, 0.15) is 11.4 Å². The Hall–Kier alpha value is -3.92. The van der Waals surface area contributed by atoms with Gasteiger partial charge < -0.3 is 25.3 Å². The molecule has 3 aromatic rings. The first kappa shape index (κ1) is 26.3. The highest BCUT2D eigenvalue weighted by Gasteiger charge is 2.31. The van der Waals surface area contributed by atoms with Gasteiger partial charge >= 0.3 is 11.2 Å². The molecule has 1 saturated heterocycles. The Labute approximate surface area is 198 Å². The van der Waals surface area contributed by atoms with E-state index in [-0.39, 0.29) is 12.1 Å². The maximum atomic E-state index is 12.8. The molecule has 1 fully saturated rings. The number of fused-ring (bicyclic) bond motifs is 1. The van der Waals surface area contributed by atoms with Crippen molar-refractivity contribution in [1.29, 1.82) is 0 Å². The van der Waals surface area contributed by atoms with Crippen molar-refractivity contribution < 1.29 is 14.5 Å². The molecule has 1 aromatic heterocycles. The van der Waals surface area contributed by atoms with Gasteiger partial charge in [-0.3, -0.25) is 19.7 Å². The Morgan fingerprint density at radius 1 is 1.00 bits per heavy atom. The number of amides is 1. The molecule has 0 aliphatic carbocycles. The third-order valence-corrected chi connectivity index (χ3v) is 5.65. The monoisotopic (exact) mass is 469 g/mol. The number of aryl methyl sites for hydroxylation is 1. The molecular weight excluding hydrogens is 438 g/mol. The van der Waals surface area contributed by atoms with Crippen molar-refractivity contribution in [3.05, 3.63) is 74.6 Å². The van der Waals surface area contributed by atoms with E-state index >= 15 is 0 Å². The number of rotatable bonds is 4. The Kier molecular flexibility index (Phi) is 8.74. The number of carbonyl (C=O) groups is 1. The summed E-state index contributed by atoms with van der Waals surface area (Å²) >= 11 is 0.